The Morgan fingerprint density at radius 2 is 2.32 bits per heavy atom. The molecule has 0 radical (unpaired) electrons. The van der Waals surface area contributed by atoms with Crippen molar-refractivity contribution in [1.29, 1.82) is 0 Å². The van der Waals surface area contributed by atoms with Crippen LogP contribution in [0.1, 0.15) is 12.0 Å². The van der Waals surface area contributed by atoms with Crippen LogP contribution in [0.4, 0.5) is 0 Å². The van der Waals surface area contributed by atoms with E-state index in [0.29, 0.717) is 19.7 Å². The molecule has 2 atom stereocenters. The van der Waals surface area contributed by atoms with Crippen LogP contribution in [0.15, 0.2) is 23.8 Å². The fraction of sp³-hybridized carbons (Fsp3) is 0.438. The quantitative estimate of drug-likeness (QED) is 0.863. The van der Waals surface area contributed by atoms with Crippen LogP contribution in [0.2, 0.25) is 0 Å². The number of methoxy groups -OCH3 is 1. The van der Waals surface area contributed by atoms with Crippen LogP contribution in [-0.2, 0) is 4.79 Å². The van der Waals surface area contributed by atoms with Crippen molar-refractivity contribution in [2.24, 2.45) is 0 Å². The van der Waals surface area contributed by atoms with Gasteiger partial charge < -0.3 is 19.7 Å². The fourth-order valence-corrected chi connectivity index (χ4v) is 2.99. The number of aliphatic carboxylic acids is 1. The van der Waals surface area contributed by atoms with Crippen LogP contribution in [0.5, 0.6) is 11.5 Å². The summed E-state index contributed by atoms with van der Waals surface area (Å²) in [4.78, 5) is 13.0. The van der Waals surface area contributed by atoms with Gasteiger partial charge in [0.05, 0.1) is 13.2 Å². The van der Waals surface area contributed by atoms with Crippen molar-refractivity contribution in [1.82, 2.24) is 4.90 Å². The first-order valence-corrected chi connectivity index (χ1v) is 7.22. The van der Waals surface area contributed by atoms with E-state index in [1.165, 1.54) is 0 Å². The van der Waals surface area contributed by atoms with Crippen molar-refractivity contribution >= 4 is 12.0 Å². The molecular formula is C16H19NO5. The monoisotopic (exact) mass is 305 g/mol. The number of nitrogens with zero attached hydrogens (tertiary/aromatic N) is 1. The number of fused-ring (bicyclic) bond motifs is 1. The molecule has 0 aliphatic carbocycles. The Labute approximate surface area is 128 Å². The molecule has 118 valence electrons. The van der Waals surface area contributed by atoms with Gasteiger partial charge in [-0.3, -0.25) is 9.69 Å². The largest absolute Gasteiger partial charge is 0.497 e. The number of β-amino-alcohol motifs (C(OH)–C–C–N with tert-alkyl or cyclic N) is 1. The lowest BCUT2D eigenvalue weighted by molar-refractivity contribution is -0.142. The van der Waals surface area contributed by atoms with Crippen LogP contribution in [0.25, 0.3) is 6.08 Å². The summed E-state index contributed by atoms with van der Waals surface area (Å²) >= 11 is 0. The van der Waals surface area contributed by atoms with E-state index in [1.807, 2.05) is 24.3 Å². The third-order valence-corrected chi connectivity index (χ3v) is 4.06. The molecule has 6 heteroatoms. The third kappa shape index (κ3) is 2.93. The van der Waals surface area contributed by atoms with Gasteiger partial charge in [-0.2, -0.15) is 0 Å². The summed E-state index contributed by atoms with van der Waals surface area (Å²) in [6, 6.07) is 4.96. The van der Waals surface area contributed by atoms with Gasteiger partial charge in [0, 0.05) is 25.1 Å². The van der Waals surface area contributed by atoms with Crippen LogP contribution in [0.3, 0.4) is 0 Å². The van der Waals surface area contributed by atoms with Gasteiger partial charge >= 0.3 is 5.97 Å². The molecule has 0 aromatic heterocycles. The molecule has 22 heavy (non-hydrogen) atoms. The number of rotatable bonds is 4. The molecule has 2 N–H and O–H groups in total. The number of aliphatic hydroxyl groups excluding tert-OH is 1. The highest BCUT2D eigenvalue weighted by atomic mass is 16.5. The van der Waals surface area contributed by atoms with E-state index in [-0.39, 0.29) is 6.42 Å². The predicted molar refractivity (Wildman–Crippen MR) is 80.1 cm³/mol. The van der Waals surface area contributed by atoms with Crippen LogP contribution in [0, 0.1) is 0 Å². The second-order valence-electron chi connectivity index (χ2n) is 5.67. The van der Waals surface area contributed by atoms with Crippen molar-refractivity contribution in [3.63, 3.8) is 0 Å². The number of carboxylic acids is 1. The molecule has 0 unspecified atom stereocenters. The third-order valence-electron chi connectivity index (χ3n) is 4.06. The van der Waals surface area contributed by atoms with Gasteiger partial charge in [0.1, 0.15) is 24.1 Å². The second kappa shape index (κ2) is 5.98. The van der Waals surface area contributed by atoms with E-state index < -0.39 is 18.1 Å². The van der Waals surface area contributed by atoms with Gasteiger partial charge in [-0.15, -0.1) is 0 Å². The number of benzene rings is 1. The van der Waals surface area contributed by atoms with Gasteiger partial charge in [0.25, 0.3) is 0 Å². The van der Waals surface area contributed by atoms with E-state index in [0.717, 1.165) is 22.6 Å². The van der Waals surface area contributed by atoms with Crippen LogP contribution >= 0.6 is 0 Å². The lowest BCUT2D eigenvalue weighted by Crippen LogP contribution is -2.38. The highest BCUT2D eigenvalue weighted by Gasteiger charge is 2.36. The Morgan fingerprint density at radius 3 is 3.05 bits per heavy atom. The fourth-order valence-electron chi connectivity index (χ4n) is 2.99. The number of carbonyl (C=O) groups is 1. The van der Waals surface area contributed by atoms with Crippen molar-refractivity contribution < 1.29 is 24.5 Å². The summed E-state index contributed by atoms with van der Waals surface area (Å²) in [7, 11) is 1.61. The molecule has 1 aromatic carbocycles. The average molecular weight is 305 g/mol. The van der Waals surface area contributed by atoms with Gasteiger partial charge in [-0.1, -0.05) is 0 Å². The zero-order chi connectivity index (χ0) is 15.7. The first-order valence-electron chi connectivity index (χ1n) is 7.22. The molecule has 2 heterocycles. The zero-order valence-corrected chi connectivity index (χ0v) is 12.4. The standard InChI is InChI=1S/C16H19NO5/c1-21-13-2-3-15-11(5-13)4-10(9-22-15)7-17-8-12(18)6-14(17)16(19)20/h2-5,12,14,18H,6-9H2,1H3,(H,19,20)/t12-,14+/m1/s1. The SMILES string of the molecule is COc1ccc2c(c1)C=C(CN1C[C@H](O)C[C@H]1C(=O)O)CO2. The van der Waals surface area contributed by atoms with Gasteiger partial charge in [-0.25, -0.2) is 0 Å². The summed E-state index contributed by atoms with van der Waals surface area (Å²) in [5.41, 5.74) is 1.91. The molecule has 1 fully saturated rings. The number of hydrogen-bond acceptors (Lipinski definition) is 5. The zero-order valence-electron chi connectivity index (χ0n) is 12.4. The van der Waals surface area contributed by atoms with Crippen molar-refractivity contribution in [2.75, 3.05) is 26.8 Å². The molecule has 6 nitrogen and oxygen atoms in total. The van der Waals surface area contributed by atoms with E-state index in [2.05, 4.69) is 0 Å². The maximum absolute atomic E-state index is 11.3. The topological polar surface area (TPSA) is 79.2 Å². The number of hydrogen-bond donors (Lipinski definition) is 2. The number of likely N-dealkylation sites (tertiary alicyclic amines) is 1. The van der Waals surface area contributed by atoms with Gasteiger partial charge in [0.2, 0.25) is 0 Å². The Morgan fingerprint density at radius 1 is 1.50 bits per heavy atom. The molecule has 1 saturated heterocycles. The summed E-state index contributed by atoms with van der Waals surface area (Å²) in [5.74, 6) is 0.650. The van der Waals surface area contributed by atoms with Crippen molar-refractivity contribution in [3.05, 3.63) is 29.3 Å². The molecule has 2 aliphatic rings. The van der Waals surface area contributed by atoms with Gasteiger partial charge in [0.15, 0.2) is 0 Å². The summed E-state index contributed by atoms with van der Waals surface area (Å²) in [5, 5.41) is 18.9. The minimum atomic E-state index is -0.893. The van der Waals surface area contributed by atoms with E-state index in [1.54, 1.807) is 12.0 Å². The maximum atomic E-state index is 11.3. The number of ether oxygens (including phenoxy) is 2. The second-order valence-corrected chi connectivity index (χ2v) is 5.67. The molecule has 0 bridgehead atoms. The van der Waals surface area contributed by atoms with Crippen LogP contribution < -0.4 is 9.47 Å². The lowest BCUT2D eigenvalue weighted by atomic mass is 10.1. The Bertz CT molecular complexity index is 613. The maximum Gasteiger partial charge on any atom is 0.321 e. The molecule has 3 rings (SSSR count). The lowest BCUT2D eigenvalue weighted by Gasteiger charge is -2.25. The van der Waals surface area contributed by atoms with E-state index >= 15 is 0 Å². The van der Waals surface area contributed by atoms with Gasteiger partial charge in [-0.05, 0) is 29.8 Å². The molecule has 0 spiro atoms. The highest BCUT2D eigenvalue weighted by molar-refractivity contribution is 5.74. The molecule has 0 saturated carbocycles. The van der Waals surface area contributed by atoms with Crippen LogP contribution in [-0.4, -0.2) is 60.0 Å². The van der Waals surface area contributed by atoms with E-state index in [4.69, 9.17) is 9.47 Å². The molecular weight excluding hydrogens is 286 g/mol. The summed E-state index contributed by atoms with van der Waals surface area (Å²) in [6.07, 6.45) is 1.69. The Hall–Kier alpha value is -2.05. The molecule has 0 amide bonds. The molecule has 1 aromatic rings. The summed E-state index contributed by atoms with van der Waals surface area (Å²) in [6.45, 7) is 1.28. The summed E-state index contributed by atoms with van der Waals surface area (Å²) < 4.78 is 10.9. The predicted octanol–water partition coefficient (Wildman–Crippen LogP) is 0.991. The van der Waals surface area contributed by atoms with E-state index in [9.17, 15) is 15.0 Å². The number of carboxylic acid groups (broad SMARTS) is 1. The van der Waals surface area contributed by atoms with Crippen molar-refractivity contribution in [2.45, 2.75) is 18.6 Å². The minimum Gasteiger partial charge on any atom is -0.497 e. The smallest absolute Gasteiger partial charge is 0.321 e. The average Bonchev–Trinajstić information content (AvgIpc) is 2.87. The molecule has 2 aliphatic heterocycles. The Balaban J connectivity index is 1.78. The number of aliphatic hydroxyl groups is 1. The minimum absolute atomic E-state index is 0.272. The van der Waals surface area contributed by atoms with Crippen molar-refractivity contribution in [3.8, 4) is 11.5 Å². The first kappa shape index (κ1) is 14.9. The Kier molecular flexibility index (Phi) is 4.04. The highest BCUT2D eigenvalue weighted by Crippen LogP contribution is 2.31. The normalized spacial score (nSPS) is 24.4. The first-order chi connectivity index (χ1) is 10.6.